The van der Waals surface area contributed by atoms with Gasteiger partial charge < -0.3 is 65.1 Å². The van der Waals surface area contributed by atoms with Gasteiger partial charge in [0.05, 0.1) is 32.0 Å². The van der Waals surface area contributed by atoms with Crippen molar-refractivity contribution in [1.82, 2.24) is 5.32 Å². The maximum atomic E-state index is 12.8. The van der Waals surface area contributed by atoms with Crippen LogP contribution >= 0.6 is 0 Å². The van der Waals surface area contributed by atoms with E-state index in [4.69, 9.17) is 18.9 Å². The van der Waals surface area contributed by atoms with Crippen molar-refractivity contribution in [3.63, 3.8) is 0 Å². The zero-order valence-corrected chi connectivity index (χ0v) is 35.1. The third-order valence-electron chi connectivity index (χ3n) is 11.2. The molecule has 0 saturated carbocycles. The maximum absolute atomic E-state index is 12.8. The van der Waals surface area contributed by atoms with Gasteiger partial charge in [-0.05, 0) is 19.3 Å². The van der Waals surface area contributed by atoms with E-state index < -0.39 is 86.8 Å². The molecule has 14 heteroatoms. The molecule has 0 aliphatic carbocycles. The summed E-state index contributed by atoms with van der Waals surface area (Å²) in [5.41, 5.74) is 0. The number of unbranched alkanes of at least 4 members (excludes halogenated alkanes) is 20. The molecule has 2 heterocycles. The summed E-state index contributed by atoms with van der Waals surface area (Å²) in [7, 11) is 0. The first-order chi connectivity index (χ1) is 27.6. The lowest BCUT2D eigenvalue weighted by atomic mass is 9.97. The lowest BCUT2D eigenvalue weighted by Crippen LogP contribution is -2.65. The van der Waals surface area contributed by atoms with Crippen LogP contribution < -0.4 is 5.32 Å². The van der Waals surface area contributed by atoms with E-state index in [0.29, 0.717) is 6.42 Å². The van der Waals surface area contributed by atoms with Crippen molar-refractivity contribution in [1.29, 1.82) is 0 Å². The first kappa shape index (κ1) is 51.9. The molecule has 12 unspecified atom stereocenters. The maximum Gasteiger partial charge on any atom is 0.220 e. The van der Waals surface area contributed by atoms with Gasteiger partial charge in [0.1, 0.15) is 48.8 Å². The van der Waals surface area contributed by atoms with Crippen molar-refractivity contribution in [2.24, 2.45) is 0 Å². The van der Waals surface area contributed by atoms with Crippen LogP contribution in [-0.4, -0.2) is 140 Å². The Morgan fingerprint density at radius 3 is 1.61 bits per heavy atom. The highest BCUT2D eigenvalue weighted by Crippen LogP contribution is 2.30. The second-order valence-electron chi connectivity index (χ2n) is 16.2. The average molecular weight is 820 g/mol. The van der Waals surface area contributed by atoms with Gasteiger partial charge in [-0.15, -0.1) is 0 Å². The molecule has 2 saturated heterocycles. The molecular formula is C43H81NO13. The zero-order valence-electron chi connectivity index (χ0n) is 35.1. The predicted molar refractivity (Wildman–Crippen MR) is 217 cm³/mol. The van der Waals surface area contributed by atoms with E-state index >= 15 is 0 Å². The molecule has 57 heavy (non-hydrogen) atoms. The molecule has 0 aromatic carbocycles. The highest BCUT2D eigenvalue weighted by Gasteiger charge is 2.50. The van der Waals surface area contributed by atoms with Gasteiger partial charge in [0.2, 0.25) is 5.91 Å². The number of aliphatic hydroxyl groups excluding tert-OH is 8. The molecular weight excluding hydrogens is 738 g/mol. The molecule has 0 aromatic rings. The number of ether oxygens (including phenoxy) is 4. The Labute approximate surface area is 342 Å². The smallest absolute Gasteiger partial charge is 0.220 e. The summed E-state index contributed by atoms with van der Waals surface area (Å²) in [6, 6.07) is -0.904. The molecule has 14 nitrogen and oxygen atoms in total. The molecule has 2 fully saturated rings. The van der Waals surface area contributed by atoms with Crippen molar-refractivity contribution in [2.45, 2.75) is 235 Å². The van der Waals surface area contributed by atoms with Crippen molar-refractivity contribution >= 4 is 5.91 Å². The Kier molecular flexibility index (Phi) is 28.7. The SMILES string of the molecule is CCCCCCCCCCCCCCCCCCC/C=C/C(O)C(COC1OC(CO)C(OC2OC(CO)C(O)C(O)C2O)C(O)C1O)NC(=O)CCCCCC. The largest absolute Gasteiger partial charge is 0.394 e. The van der Waals surface area contributed by atoms with Crippen molar-refractivity contribution in [2.75, 3.05) is 19.8 Å². The standard InChI is InChI=1S/C43H81NO13/c1-3-5-7-9-10-11-12-13-14-15-16-17-18-19-20-21-22-23-24-26-32(47)31(44-35(48)27-25-8-6-4-2)30-54-42-40(53)38(51)41(34(29-46)56-42)57-43-39(52)37(50)36(49)33(28-45)55-43/h24,26,31-34,36-43,45-47,49-53H,3-23,25,27-30H2,1-2H3,(H,44,48)/b26-24+. The molecule has 12 atom stereocenters. The molecule has 2 rings (SSSR count). The van der Waals surface area contributed by atoms with Crippen LogP contribution in [0.4, 0.5) is 0 Å². The van der Waals surface area contributed by atoms with Crippen LogP contribution in [0.2, 0.25) is 0 Å². The van der Waals surface area contributed by atoms with Crippen LogP contribution in [-0.2, 0) is 23.7 Å². The van der Waals surface area contributed by atoms with Gasteiger partial charge >= 0.3 is 0 Å². The van der Waals surface area contributed by atoms with Crippen LogP contribution in [0.15, 0.2) is 12.2 Å². The molecule has 0 spiro atoms. The van der Waals surface area contributed by atoms with E-state index in [0.717, 1.165) is 38.5 Å². The molecule has 336 valence electrons. The molecule has 0 aromatic heterocycles. The van der Waals surface area contributed by atoms with Gasteiger partial charge in [0, 0.05) is 6.42 Å². The number of nitrogens with one attached hydrogen (secondary N) is 1. The van der Waals surface area contributed by atoms with Crippen molar-refractivity contribution in [3.8, 4) is 0 Å². The first-order valence-corrected chi connectivity index (χ1v) is 22.4. The molecule has 1 amide bonds. The number of carbonyl (C=O) groups excluding carboxylic acids is 1. The summed E-state index contributed by atoms with van der Waals surface area (Å²) in [6.45, 7) is 2.63. The third kappa shape index (κ3) is 20.2. The monoisotopic (exact) mass is 820 g/mol. The minimum absolute atomic E-state index is 0.258. The first-order valence-electron chi connectivity index (χ1n) is 22.4. The second kappa shape index (κ2) is 31.6. The minimum atomic E-state index is -1.78. The van der Waals surface area contributed by atoms with Crippen LogP contribution in [0.25, 0.3) is 0 Å². The van der Waals surface area contributed by atoms with Gasteiger partial charge in [0.15, 0.2) is 12.6 Å². The molecule has 0 radical (unpaired) electrons. The van der Waals surface area contributed by atoms with Gasteiger partial charge in [-0.3, -0.25) is 4.79 Å². The van der Waals surface area contributed by atoms with Crippen molar-refractivity contribution in [3.05, 3.63) is 12.2 Å². The Bertz CT molecular complexity index is 1020. The Hall–Kier alpha value is -1.27. The summed E-state index contributed by atoms with van der Waals surface area (Å²) in [6.07, 6.45) is 13.4. The summed E-state index contributed by atoms with van der Waals surface area (Å²) < 4.78 is 22.5. The highest BCUT2D eigenvalue weighted by atomic mass is 16.7. The Morgan fingerprint density at radius 2 is 1.09 bits per heavy atom. The van der Waals surface area contributed by atoms with Crippen LogP contribution in [0.1, 0.15) is 162 Å². The van der Waals surface area contributed by atoms with Gasteiger partial charge in [-0.25, -0.2) is 0 Å². The fraction of sp³-hybridized carbons (Fsp3) is 0.930. The number of rotatable bonds is 33. The zero-order chi connectivity index (χ0) is 41.8. The number of amides is 1. The summed E-state index contributed by atoms with van der Waals surface area (Å²) in [5, 5.41) is 86.0. The number of carbonyl (C=O) groups is 1. The van der Waals surface area contributed by atoms with Crippen LogP contribution in [0, 0.1) is 0 Å². The Balaban J connectivity index is 1.79. The second-order valence-corrected chi connectivity index (χ2v) is 16.2. The van der Waals surface area contributed by atoms with Crippen molar-refractivity contribution < 1.29 is 64.6 Å². The summed E-state index contributed by atoms with van der Waals surface area (Å²) in [4.78, 5) is 12.8. The minimum Gasteiger partial charge on any atom is -0.394 e. The predicted octanol–water partition coefficient (Wildman–Crippen LogP) is 4.04. The number of hydrogen-bond donors (Lipinski definition) is 9. The van der Waals surface area contributed by atoms with Gasteiger partial charge in [-0.1, -0.05) is 148 Å². The van der Waals surface area contributed by atoms with E-state index in [1.54, 1.807) is 6.08 Å². The van der Waals surface area contributed by atoms with Gasteiger partial charge in [-0.2, -0.15) is 0 Å². The molecule has 0 bridgehead atoms. The summed E-state index contributed by atoms with van der Waals surface area (Å²) in [5.74, 6) is -0.258. The average Bonchev–Trinajstić information content (AvgIpc) is 3.21. The molecule has 9 N–H and O–H groups in total. The van der Waals surface area contributed by atoms with E-state index in [1.807, 2.05) is 6.08 Å². The van der Waals surface area contributed by atoms with E-state index in [-0.39, 0.29) is 18.9 Å². The topological polar surface area (TPSA) is 228 Å². The Morgan fingerprint density at radius 1 is 0.614 bits per heavy atom. The highest BCUT2D eigenvalue weighted by molar-refractivity contribution is 5.76. The van der Waals surface area contributed by atoms with Crippen LogP contribution in [0.3, 0.4) is 0 Å². The fourth-order valence-corrected chi connectivity index (χ4v) is 7.47. The quantitative estimate of drug-likeness (QED) is 0.0337. The van der Waals surface area contributed by atoms with E-state index in [9.17, 15) is 45.6 Å². The van der Waals surface area contributed by atoms with E-state index in [2.05, 4.69) is 19.2 Å². The lowest BCUT2D eigenvalue weighted by Gasteiger charge is -2.46. The lowest BCUT2D eigenvalue weighted by molar-refractivity contribution is -0.359. The fourth-order valence-electron chi connectivity index (χ4n) is 7.47. The molecule has 2 aliphatic rings. The molecule has 2 aliphatic heterocycles. The normalized spacial score (nSPS) is 29.2. The third-order valence-corrected chi connectivity index (χ3v) is 11.2. The number of allylic oxidation sites excluding steroid dienone is 1. The number of aliphatic hydroxyl groups is 8. The van der Waals surface area contributed by atoms with Gasteiger partial charge in [0.25, 0.3) is 0 Å². The summed E-state index contributed by atoms with van der Waals surface area (Å²) >= 11 is 0. The van der Waals surface area contributed by atoms with Crippen LogP contribution in [0.5, 0.6) is 0 Å². The number of hydrogen-bond acceptors (Lipinski definition) is 13. The van der Waals surface area contributed by atoms with E-state index in [1.165, 1.54) is 96.3 Å².